The minimum atomic E-state index is 0.204. The van der Waals surface area contributed by atoms with Gasteiger partial charge >= 0.3 is 0 Å². The first-order chi connectivity index (χ1) is 8.65. The standard InChI is InChI=1S/C14H16.C4H10/c1-12-8-6-7-11-14(12,2)13-9-4-3-5-10-13;1-3-4-2/h3-10H,11H2,1-2H3;3-4H2,1-2H3. The van der Waals surface area contributed by atoms with Crippen molar-refractivity contribution < 1.29 is 0 Å². The third kappa shape index (κ3) is 3.60. The molecule has 0 aromatic heterocycles. The summed E-state index contributed by atoms with van der Waals surface area (Å²) in [5.74, 6) is 0. The predicted octanol–water partition coefficient (Wildman–Crippen LogP) is 5.66. The van der Waals surface area contributed by atoms with Gasteiger partial charge in [0.2, 0.25) is 0 Å². The molecule has 0 fully saturated rings. The average molecular weight is 242 g/mol. The number of allylic oxidation sites excluding steroid dienone is 4. The molecule has 18 heavy (non-hydrogen) atoms. The summed E-state index contributed by atoms with van der Waals surface area (Å²) in [6.45, 7) is 8.90. The van der Waals surface area contributed by atoms with E-state index in [-0.39, 0.29) is 5.41 Å². The molecule has 0 nitrogen and oxygen atoms in total. The highest BCUT2D eigenvalue weighted by molar-refractivity contribution is 5.39. The van der Waals surface area contributed by atoms with E-state index in [1.807, 2.05) is 0 Å². The first-order valence-corrected chi connectivity index (χ1v) is 7.04. The normalized spacial score (nSPS) is 21.9. The van der Waals surface area contributed by atoms with Gasteiger partial charge in [0.25, 0.3) is 0 Å². The fourth-order valence-electron chi connectivity index (χ4n) is 2.01. The van der Waals surface area contributed by atoms with Gasteiger partial charge in [0.15, 0.2) is 0 Å². The number of unbranched alkanes of at least 4 members (excludes halogenated alkanes) is 1. The second-order valence-electron chi connectivity index (χ2n) is 5.18. The van der Waals surface area contributed by atoms with Crippen molar-refractivity contribution >= 4 is 0 Å². The third-order valence-electron chi connectivity index (χ3n) is 3.79. The Morgan fingerprint density at radius 2 is 1.67 bits per heavy atom. The molecule has 0 heteroatoms. The topological polar surface area (TPSA) is 0 Å². The van der Waals surface area contributed by atoms with E-state index in [0.717, 1.165) is 6.42 Å². The molecule has 0 N–H and O–H groups in total. The van der Waals surface area contributed by atoms with Crippen LogP contribution in [0.4, 0.5) is 0 Å². The Morgan fingerprint density at radius 1 is 1.06 bits per heavy atom. The Bertz CT molecular complexity index is 395. The summed E-state index contributed by atoms with van der Waals surface area (Å²) < 4.78 is 0. The van der Waals surface area contributed by atoms with Crippen LogP contribution in [0.25, 0.3) is 0 Å². The zero-order chi connectivity index (χ0) is 13.4. The Balaban J connectivity index is 0.000000357. The van der Waals surface area contributed by atoms with E-state index < -0.39 is 0 Å². The molecule has 98 valence electrons. The van der Waals surface area contributed by atoms with Gasteiger partial charge in [-0.2, -0.15) is 0 Å². The van der Waals surface area contributed by atoms with E-state index in [4.69, 9.17) is 0 Å². The zero-order valence-corrected chi connectivity index (χ0v) is 12.2. The van der Waals surface area contributed by atoms with E-state index in [0.29, 0.717) is 0 Å². The van der Waals surface area contributed by atoms with Crippen molar-refractivity contribution in [2.45, 2.75) is 52.4 Å². The number of hydrogen-bond acceptors (Lipinski definition) is 0. The van der Waals surface area contributed by atoms with Crippen molar-refractivity contribution in [2.24, 2.45) is 0 Å². The second-order valence-corrected chi connectivity index (χ2v) is 5.18. The minimum Gasteiger partial charge on any atom is -0.0833 e. The average Bonchev–Trinajstić information content (AvgIpc) is 2.43. The maximum absolute atomic E-state index is 2.32. The molecule has 2 rings (SSSR count). The van der Waals surface area contributed by atoms with Crippen LogP contribution in [0.1, 0.15) is 52.5 Å². The van der Waals surface area contributed by atoms with Crippen molar-refractivity contribution in [1.29, 1.82) is 0 Å². The molecule has 0 saturated heterocycles. The van der Waals surface area contributed by atoms with Gasteiger partial charge in [0.05, 0.1) is 0 Å². The van der Waals surface area contributed by atoms with Crippen LogP contribution in [0.3, 0.4) is 0 Å². The monoisotopic (exact) mass is 242 g/mol. The van der Waals surface area contributed by atoms with Gasteiger partial charge < -0.3 is 0 Å². The van der Waals surface area contributed by atoms with Crippen molar-refractivity contribution in [3.8, 4) is 0 Å². The highest BCUT2D eigenvalue weighted by atomic mass is 14.3. The molecular weight excluding hydrogens is 216 g/mol. The van der Waals surface area contributed by atoms with Crippen LogP contribution in [0.2, 0.25) is 0 Å². The van der Waals surface area contributed by atoms with Gasteiger partial charge in [-0.3, -0.25) is 0 Å². The molecule has 1 atom stereocenters. The minimum absolute atomic E-state index is 0.204. The van der Waals surface area contributed by atoms with E-state index in [9.17, 15) is 0 Å². The molecule has 1 unspecified atom stereocenters. The van der Waals surface area contributed by atoms with Crippen molar-refractivity contribution in [1.82, 2.24) is 0 Å². The Hall–Kier alpha value is -1.30. The molecule has 0 spiro atoms. The summed E-state index contributed by atoms with van der Waals surface area (Å²) >= 11 is 0. The molecule has 0 saturated carbocycles. The summed E-state index contributed by atoms with van der Waals surface area (Å²) in [6, 6.07) is 10.7. The maximum atomic E-state index is 2.32. The number of benzene rings is 1. The van der Waals surface area contributed by atoms with Gasteiger partial charge in [0, 0.05) is 5.41 Å². The lowest BCUT2D eigenvalue weighted by Gasteiger charge is -2.32. The molecule has 0 amide bonds. The molecular formula is C18H26. The smallest absolute Gasteiger partial charge is 0.0168 e. The molecule has 0 heterocycles. The Labute approximate surface area is 112 Å². The highest BCUT2D eigenvalue weighted by Gasteiger charge is 2.27. The fourth-order valence-corrected chi connectivity index (χ4v) is 2.01. The van der Waals surface area contributed by atoms with E-state index >= 15 is 0 Å². The SMILES string of the molecule is CC1=CC=CCC1(C)c1ccccc1.CCCC. The Morgan fingerprint density at radius 3 is 2.17 bits per heavy atom. The predicted molar refractivity (Wildman–Crippen MR) is 81.9 cm³/mol. The van der Waals surface area contributed by atoms with Gasteiger partial charge in [-0.05, 0) is 18.9 Å². The number of hydrogen-bond donors (Lipinski definition) is 0. The van der Waals surface area contributed by atoms with Crippen molar-refractivity contribution in [3.63, 3.8) is 0 Å². The van der Waals surface area contributed by atoms with Crippen molar-refractivity contribution in [2.75, 3.05) is 0 Å². The van der Waals surface area contributed by atoms with Crippen LogP contribution in [0, 0.1) is 0 Å². The van der Waals surface area contributed by atoms with Crippen LogP contribution in [0.5, 0.6) is 0 Å². The summed E-state index contributed by atoms with van der Waals surface area (Å²) in [5.41, 5.74) is 3.07. The van der Waals surface area contributed by atoms with Crippen LogP contribution in [-0.4, -0.2) is 0 Å². The zero-order valence-electron chi connectivity index (χ0n) is 12.2. The van der Waals surface area contributed by atoms with Crippen LogP contribution in [-0.2, 0) is 5.41 Å². The quantitative estimate of drug-likeness (QED) is 0.628. The maximum Gasteiger partial charge on any atom is 0.0168 e. The van der Waals surface area contributed by atoms with Crippen LogP contribution >= 0.6 is 0 Å². The van der Waals surface area contributed by atoms with Gasteiger partial charge in [0.1, 0.15) is 0 Å². The Kier molecular flexibility index (Phi) is 5.91. The highest BCUT2D eigenvalue weighted by Crippen LogP contribution is 2.37. The lowest BCUT2D eigenvalue weighted by Crippen LogP contribution is -2.24. The molecule has 0 radical (unpaired) electrons. The summed E-state index contributed by atoms with van der Waals surface area (Å²) in [6.07, 6.45) is 10.4. The number of rotatable bonds is 2. The molecule has 0 bridgehead atoms. The summed E-state index contributed by atoms with van der Waals surface area (Å²) in [5, 5.41) is 0. The van der Waals surface area contributed by atoms with E-state index in [1.165, 1.54) is 24.0 Å². The lowest BCUT2D eigenvalue weighted by atomic mass is 9.72. The summed E-state index contributed by atoms with van der Waals surface area (Å²) in [4.78, 5) is 0. The molecule has 1 aliphatic rings. The van der Waals surface area contributed by atoms with E-state index in [1.54, 1.807) is 0 Å². The molecule has 1 aliphatic carbocycles. The first kappa shape index (κ1) is 14.8. The van der Waals surface area contributed by atoms with Gasteiger partial charge in [-0.1, -0.05) is 87.7 Å². The van der Waals surface area contributed by atoms with Crippen LogP contribution < -0.4 is 0 Å². The molecule has 0 aliphatic heterocycles. The van der Waals surface area contributed by atoms with E-state index in [2.05, 4.69) is 76.3 Å². The third-order valence-corrected chi connectivity index (χ3v) is 3.79. The first-order valence-electron chi connectivity index (χ1n) is 7.04. The summed E-state index contributed by atoms with van der Waals surface area (Å²) in [7, 11) is 0. The molecule has 1 aromatic rings. The largest absolute Gasteiger partial charge is 0.0833 e. The van der Waals surface area contributed by atoms with Crippen molar-refractivity contribution in [3.05, 3.63) is 59.7 Å². The molecule has 1 aromatic carbocycles. The second kappa shape index (κ2) is 7.20. The fraction of sp³-hybridized carbons (Fsp3) is 0.444. The van der Waals surface area contributed by atoms with Gasteiger partial charge in [-0.25, -0.2) is 0 Å². The van der Waals surface area contributed by atoms with Gasteiger partial charge in [-0.15, -0.1) is 0 Å². The van der Waals surface area contributed by atoms with Crippen LogP contribution in [0.15, 0.2) is 54.1 Å². The lowest BCUT2D eigenvalue weighted by molar-refractivity contribution is 0.560.